The van der Waals surface area contributed by atoms with Gasteiger partial charge in [0.05, 0.1) is 11.4 Å². The van der Waals surface area contributed by atoms with Gasteiger partial charge in [0.1, 0.15) is 0 Å². The van der Waals surface area contributed by atoms with E-state index in [0.717, 1.165) is 30.2 Å². The lowest BCUT2D eigenvalue weighted by molar-refractivity contribution is 0.455. The zero-order valence-corrected chi connectivity index (χ0v) is 15.2. The molecule has 2 rings (SSSR count). The van der Waals surface area contributed by atoms with Crippen molar-refractivity contribution < 1.29 is 8.42 Å². The number of thioether (sulfide) groups is 1. The molecule has 0 spiro atoms. The van der Waals surface area contributed by atoms with E-state index in [1.807, 2.05) is 17.8 Å². The van der Waals surface area contributed by atoms with Crippen molar-refractivity contribution in [2.75, 3.05) is 24.6 Å². The van der Waals surface area contributed by atoms with E-state index in [1.54, 1.807) is 32.0 Å². The largest absolute Gasteiger partial charge is 0.370 e. The molecular weight excluding hydrogens is 332 g/mol. The number of hydrogen-bond donors (Lipinski definition) is 2. The number of nitrogens with two attached hydrogens (primary N) is 1. The third kappa shape index (κ3) is 5.40. The van der Waals surface area contributed by atoms with Gasteiger partial charge in [0.25, 0.3) is 0 Å². The lowest BCUT2D eigenvalue weighted by Gasteiger charge is -2.27. The van der Waals surface area contributed by atoms with Crippen molar-refractivity contribution >= 4 is 27.7 Å². The smallest absolute Gasteiger partial charge is 0.240 e. The van der Waals surface area contributed by atoms with Crippen molar-refractivity contribution in [2.45, 2.75) is 31.3 Å². The van der Waals surface area contributed by atoms with Gasteiger partial charge in [-0.3, -0.25) is 0 Å². The Morgan fingerprint density at radius 1 is 1.39 bits per heavy atom. The van der Waals surface area contributed by atoms with Crippen LogP contribution in [0.1, 0.15) is 19.4 Å². The number of nitrogens with one attached hydrogen (secondary N) is 1. The van der Waals surface area contributed by atoms with Gasteiger partial charge in [-0.1, -0.05) is 12.1 Å². The molecule has 1 aliphatic rings. The molecule has 128 valence electrons. The number of rotatable bonds is 5. The fourth-order valence-corrected chi connectivity index (χ4v) is 4.48. The maximum Gasteiger partial charge on any atom is 0.240 e. The molecule has 1 heterocycles. The predicted octanol–water partition coefficient (Wildman–Crippen LogP) is 1.24. The van der Waals surface area contributed by atoms with E-state index < -0.39 is 10.0 Å². The highest BCUT2D eigenvalue weighted by atomic mass is 32.2. The van der Waals surface area contributed by atoms with E-state index in [0.29, 0.717) is 12.5 Å². The maximum atomic E-state index is 12.2. The van der Waals surface area contributed by atoms with E-state index in [1.165, 1.54) is 0 Å². The summed E-state index contributed by atoms with van der Waals surface area (Å²) in [5, 5.41) is 0. The number of hydrogen-bond acceptors (Lipinski definition) is 4. The molecule has 1 saturated heterocycles. The van der Waals surface area contributed by atoms with Gasteiger partial charge in [-0.25, -0.2) is 18.1 Å². The van der Waals surface area contributed by atoms with Gasteiger partial charge in [0, 0.05) is 30.6 Å². The molecule has 0 aromatic heterocycles. The average molecular weight is 357 g/mol. The van der Waals surface area contributed by atoms with Gasteiger partial charge >= 0.3 is 0 Å². The Labute approximate surface area is 142 Å². The Morgan fingerprint density at radius 2 is 2.09 bits per heavy atom. The van der Waals surface area contributed by atoms with Crippen molar-refractivity contribution in [1.82, 2.24) is 9.62 Å². The molecule has 1 aliphatic heterocycles. The molecule has 1 aromatic rings. The summed E-state index contributed by atoms with van der Waals surface area (Å²) in [7, 11) is -3.48. The van der Waals surface area contributed by atoms with Crippen molar-refractivity contribution in [3.63, 3.8) is 0 Å². The van der Waals surface area contributed by atoms with Gasteiger partial charge in [-0.05, 0) is 31.5 Å². The minimum Gasteiger partial charge on any atom is -0.370 e. The number of sulfonamides is 1. The quantitative estimate of drug-likeness (QED) is 0.612. The topological polar surface area (TPSA) is 87.8 Å². The first kappa shape index (κ1) is 18.1. The summed E-state index contributed by atoms with van der Waals surface area (Å²) in [6.45, 7) is 5.78. The highest BCUT2D eigenvalue weighted by Crippen LogP contribution is 2.13. The van der Waals surface area contributed by atoms with E-state index in [2.05, 4.69) is 14.6 Å². The molecule has 0 aliphatic carbocycles. The molecule has 6 nitrogen and oxygen atoms in total. The SMILES string of the molecule is CC(C)NS(=O)(=O)c1cccc(CN=C(N)N2CCSCC2)c1. The summed E-state index contributed by atoms with van der Waals surface area (Å²) >= 11 is 1.91. The molecule has 0 saturated carbocycles. The van der Waals surface area contributed by atoms with Crippen LogP contribution in [0.4, 0.5) is 0 Å². The van der Waals surface area contributed by atoms with Gasteiger partial charge < -0.3 is 10.6 Å². The molecule has 3 N–H and O–H groups in total. The number of benzene rings is 1. The first-order valence-electron chi connectivity index (χ1n) is 7.62. The molecule has 0 atom stereocenters. The van der Waals surface area contributed by atoms with E-state index in [9.17, 15) is 8.42 Å². The molecule has 23 heavy (non-hydrogen) atoms. The summed E-state index contributed by atoms with van der Waals surface area (Å²) in [4.78, 5) is 6.72. The van der Waals surface area contributed by atoms with Gasteiger partial charge in [0.2, 0.25) is 10.0 Å². The molecular formula is C15H24N4O2S2. The van der Waals surface area contributed by atoms with Crippen LogP contribution in [0.2, 0.25) is 0 Å². The monoisotopic (exact) mass is 356 g/mol. The van der Waals surface area contributed by atoms with E-state index >= 15 is 0 Å². The first-order valence-corrected chi connectivity index (χ1v) is 10.3. The van der Waals surface area contributed by atoms with Crippen molar-refractivity contribution in [1.29, 1.82) is 0 Å². The Bertz CT molecular complexity index is 653. The lowest BCUT2D eigenvalue weighted by Crippen LogP contribution is -2.42. The Morgan fingerprint density at radius 3 is 2.74 bits per heavy atom. The van der Waals surface area contributed by atoms with Crippen LogP contribution in [-0.4, -0.2) is 49.9 Å². The van der Waals surface area contributed by atoms with Crippen LogP contribution >= 0.6 is 11.8 Å². The Balaban J connectivity index is 2.08. The van der Waals surface area contributed by atoms with Crippen molar-refractivity contribution in [3.8, 4) is 0 Å². The second-order valence-electron chi connectivity index (χ2n) is 5.70. The third-order valence-corrected chi connectivity index (χ3v) is 5.96. The van der Waals surface area contributed by atoms with Crippen LogP contribution in [0.25, 0.3) is 0 Å². The van der Waals surface area contributed by atoms with E-state index in [4.69, 9.17) is 5.73 Å². The normalized spacial score (nSPS) is 16.8. The Kier molecular flexibility index (Phi) is 6.32. The van der Waals surface area contributed by atoms with Crippen LogP contribution < -0.4 is 10.5 Å². The summed E-state index contributed by atoms with van der Waals surface area (Å²) in [6.07, 6.45) is 0. The fraction of sp³-hybridized carbons (Fsp3) is 0.533. The van der Waals surface area contributed by atoms with Crippen molar-refractivity contribution in [3.05, 3.63) is 29.8 Å². The molecule has 1 fully saturated rings. The van der Waals surface area contributed by atoms with E-state index in [-0.39, 0.29) is 10.9 Å². The minimum atomic E-state index is -3.48. The standard InChI is InChI=1S/C15H24N4O2S2/c1-12(2)18-23(20,21)14-5-3-4-13(10-14)11-17-15(16)19-6-8-22-9-7-19/h3-5,10,12,18H,6-9,11H2,1-2H3,(H2,16,17). The lowest BCUT2D eigenvalue weighted by atomic mass is 10.2. The Hall–Kier alpha value is -1.25. The van der Waals surface area contributed by atoms with Crippen LogP contribution in [0, 0.1) is 0 Å². The second-order valence-corrected chi connectivity index (χ2v) is 8.64. The number of nitrogens with zero attached hydrogens (tertiary/aromatic N) is 2. The summed E-state index contributed by atoms with van der Waals surface area (Å²) in [5.74, 6) is 2.65. The van der Waals surface area contributed by atoms with Gasteiger partial charge in [-0.15, -0.1) is 0 Å². The van der Waals surface area contributed by atoms with Crippen molar-refractivity contribution in [2.24, 2.45) is 10.7 Å². The highest BCUT2D eigenvalue weighted by molar-refractivity contribution is 7.99. The summed E-state index contributed by atoms with van der Waals surface area (Å²) in [5.41, 5.74) is 6.85. The number of aliphatic imine (C=N–C) groups is 1. The summed E-state index contributed by atoms with van der Waals surface area (Å²) in [6, 6.07) is 6.68. The highest BCUT2D eigenvalue weighted by Gasteiger charge is 2.16. The molecule has 0 radical (unpaired) electrons. The third-order valence-electron chi connectivity index (χ3n) is 3.36. The minimum absolute atomic E-state index is 0.144. The van der Waals surface area contributed by atoms with Crippen LogP contribution in [-0.2, 0) is 16.6 Å². The molecule has 0 unspecified atom stereocenters. The molecule has 1 aromatic carbocycles. The molecule has 0 bridgehead atoms. The molecule has 0 amide bonds. The predicted molar refractivity (Wildman–Crippen MR) is 96.1 cm³/mol. The van der Waals surface area contributed by atoms with Crippen LogP contribution in [0.3, 0.4) is 0 Å². The van der Waals surface area contributed by atoms with Crippen LogP contribution in [0.15, 0.2) is 34.2 Å². The zero-order chi connectivity index (χ0) is 16.9. The van der Waals surface area contributed by atoms with Gasteiger partial charge in [-0.2, -0.15) is 11.8 Å². The second kappa shape index (κ2) is 8.03. The first-order chi connectivity index (χ1) is 10.9. The van der Waals surface area contributed by atoms with Crippen LogP contribution in [0.5, 0.6) is 0 Å². The molecule has 8 heteroatoms. The maximum absolute atomic E-state index is 12.2. The van der Waals surface area contributed by atoms with Gasteiger partial charge in [0.15, 0.2) is 5.96 Å². The fourth-order valence-electron chi connectivity index (χ4n) is 2.25. The number of guanidine groups is 1. The zero-order valence-electron chi connectivity index (χ0n) is 13.5. The summed E-state index contributed by atoms with van der Waals surface area (Å²) < 4.78 is 27.0. The average Bonchev–Trinajstić information content (AvgIpc) is 2.52.